The fourth-order valence-corrected chi connectivity index (χ4v) is 3.48. The number of nitrogens with zero attached hydrogens (tertiary/aromatic N) is 2. The number of hydrogen-bond acceptors (Lipinski definition) is 2. The second kappa shape index (κ2) is 8.26. The van der Waals surface area contributed by atoms with Crippen LogP contribution in [0.3, 0.4) is 0 Å². The van der Waals surface area contributed by atoms with Gasteiger partial charge in [0.25, 0.3) is 0 Å². The summed E-state index contributed by atoms with van der Waals surface area (Å²) in [6.07, 6.45) is 7.04. The van der Waals surface area contributed by atoms with Gasteiger partial charge in [-0.1, -0.05) is 33.6 Å². The molecule has 0 N–H and O–H groups in total. The third kappa shape index (κ3) is 4.75. The Morgan fingerprint density at radius 2 is 1.58 bits per heavy atom. The van der Waals surface area contributed by atoms with Gasteiger partial charge in [0.1, 0.15) is 0 Å². The molecule has 0 radical (unpaired) electrons. The summed E-state index contributed by atoms with van der Waals surface area (Å²) in [5, 5.41) is 0. The molecule has 2 aliphatic rings. The Kier molecular flexibility index (Phi) is 7.38. The Labute approximate surface area is 121 Å². The number of piperidine rings is 1. The van der Waals surface area contributed by atoms with Crippen LogP contribution in [0.1, 0.15) is 66.7 Å². The fourth-order valence-electron chi connectivity index (χ4n) is 3.48. The standard InChI is InChI=1S/C15H30N2.C2H6/c1-4-5-6-9-16-12-15(13-16)7-10-17(11-8-15)14(2)3;1-2/h14H,4-13H2,1-3H3;1-2H3. The van der Waals surface area contributed by atoms with Crippen molar-refractivity contribution in [2.45, 2.75) is 72.8 Å². The molecule has 0 aromatic rings. The Balaban J connectivity index is 0.000000861. The first-order chi connectivity index (χ1) is 9.15. The predicted octanol–water partition coefficient (Wildman–Crippen LogP) is 4.01. The molecule has 2 saturated heterocycles. The minimum atomic E-state index is 0.720. The van der Waals surface area contributed by atoms with E-state index in [-0.39, 0.29) is 0 Å². The molecule has 2 nitrogen and oxygen atoms in total. The van der Waals surface area contributed by atoms with Gasteiger partial charge in [0, 0.05) is 19.1 Å². The van der Waals surface area contributed by atoms with Gasteiger partial charge in [-0.15, -0.1) is 0 Å². The van der Waals surface area contributed by atoms with Crippen LogP contribution in [-0.4, -0.2) is 48.6 Å². The predicted molar refractivity (Wildman–Crippen MR) is 85.7 cm³/mol. The molecule has 0 aliphatic carbocycles. The average Bonchev–Trinajstić information content (AvgIpc) is 2.40. The van der Waals surface area contributed by atoms with Crippen molar-refractivity contribution in [3.63, 3.8) is 0 Å². The molecule has 0 amide bonds. The van der Waals surface area contributed by atoms with Crippen LogP contribution >= 0.6 is 0 Å². The molecular weight excluding hydrogens is 232 g/mol. The molecule has 114 valence electrons. The van der Waals surface area contributed by atoms with Crippen LogP contribution in [0.15, 0.2) is 0 Å². The van der Waals surface area contributed by atoms with Crippen LogP contribution in [0.25, 0.3) is 0 Å². The number of likely N-dealkylation sites (tertiary alicyclic amines) is 2. The molecule has 0 aromatic heterocycles. The van der Waals surface area contributed by atoms with Gasteiger partial charge in [-0.05, 0) is 58.2 Å². The van der Waals surface area contributed by atoms with E-state index in [1.54, 1.807) is 0 Å². The van der Waals surface area contributed by atoms with Gasteiger partial charge in [0.15, 0.2) is 0 Å². The molecule has 0 saturated carbocycles. The highest BCUT2D eigenvalue weighted by Crippen LogP contribution is 2.40. The van der Waals surface area contributed by atoms with Crippen molar-refractivity contribution < 1.29 is 0 Å². The van der Waals surface area contributed by atoms with Crippen LogP contribution in [0.5, 0.6) is 0 Å². The number of rotatable bonds is 5. The van der Waals surface area contributed by atoms with Crippen molar-refractivity contribution in [1.82, 2.24) is 9.80 Å². The van der Waals surface area contributed by atoms with Crippen LogP contribution in [-0.2, 0) is 0 Å². The molecule has 2 fully saturated rings. The normalized spacial score (nSPS) is 23.1. The summed E-state index contributed by atoms with van der Waals surface area (Å²) in [6.45, 7) is 17.8. The van der Waals surface area contributed by atoms with E-state index in [0.717, 1.165) is 11.5 Å². The lowest BCUT2D eigenvalue weighted by Crippen LogP contribution is -2.60. The highest BCUT2D eigenvalue weighted by atomic mass is 15.2. The van der Waals surface area contributed by atoms with Gasteiger partial charge in [-0.2, -0.15) is 0 Å². The molecule has 2 rings (SSSR count). The van der Waals surface area contributed by atoms with Gasteiger partial charge >= 0.3 is 0 Å². The van der Waals surface area contributed by atoms with Crippen molar-refractivity contribution in [2.75, 3.05) is 32.7 Å². The van der Waals surface area contributed by atoms with Crippen molar-refractivity contribution in [3.8, 4) is 0 Å². The quantitative estimate of drug-likeness (QED) is 0.695. The van der Waals surface area contributed by atoms with Gasteiger partial charge in [-0.25, -0.2) is 0 Å². The maximum absolute atomic E-state index is 2.68. The summed E-state index contributed by atoms with van der Waals surface area (Å²) in [7, 11) is 0. The van der Waals surface area contributed by atoms with Crippen molar-refractivity contribution >= 4 is 0 Å². The van der Waals surface area contributed by atoms with Gasteiger partial charge < -0.3 is 9.80 Å². The molecule has 2 heterocycles. The van der Waals surface area contributed by atoms with E-state index in [1.165, 1.54) is 64.8 Å². The lowest BCUT2D eigenvalue weighted by molar-refractivity contribution is -0.0516. The molecule has 2 heteroatoms. The van der Waals surface area contributed by atoms with Gasteiger partial charge in [0.2, 0.25) is 0 Å². The SMILES string of the molecule is CC.CCCCCN1CC2(CCN(C(C)C)CC2)C1. The topological polar surface area (TPSA) is 6.48 Å². The summed E-state index contributed by atoms with van der Waals surface area (Å²) in [6, 6.07) is 0.744. The minimum Gasteiger partial charge on any atom is -0.302 e. The maximum Gasteiger partial charge on any atom is 0.00514 e. The second-order valence-electron chi connectivity index (χ2n) is 6.55. The van der Waals surface area contributed by atoms with Crippen molar-refractivity contribution in [1.29, 1.82) is 0 Å². The first-order valence-electron chi connectivity index (χ1n) is 8.62. The first kappa shape index (κ1) is 17.0. The lowest BCUT2D eigenvalue weighted by Gasteiger charge is -2.54. The Bertz CT molecular complexity index is 221. The van der Waals surface area contributed by atoms with E-state index in [0.29, 0.717) is 0 Å². The Morgan fingerprint density at radius 1 is 1.00 bits per heavy atom. The fraction of sp³-hybridized carbons (Fsp3) is 1.00. The van der Waals surface area contributed by atoms with E-state index < -0.39 is 0 Å². The highest BCUT2D eigenvalue weighted by Gasteiger charge is 2.44. The maximum atomic E-state index is 2.68. The minimum absolute atomic E-state index is 0.720. The molecule has 19 heavy (non-hydrogen) atoms. The van der Waals surface area contributed by atoms with Gasteiger partial charge in [-0.3, -0.25) is 0 Å². The summed E-state index contributed by atoms with van der Waals surface area (Å²) in [5.74, 6) is 0. The van der Waals surface area contributed by atoms with Crippen molar-refractivity contribution in [3.05, 3.63) is 0 Å². The monoisotopic (exact) mass is 268 g/mol. The molecular formula is C17H36N2. The molecule has 0 aromatic carbocycles. The van der Waals surface area contributed by atoms with Crippen LogP contribution in [0.4, 0.5) is 0 Å². The third-order valence-corrected chi connectivity index (χ3v) is 4.78. The largest absolute Gasteiger partial charge is 0.302 e. The van der Waals surface area contributed by atoms with Crippen LogP contribution < -0.4 is 0 Å². The summed E-state index contributed by atoms with van der Waals surface area (Å²) >= 11 is 0. The van der Waals surface area contributed by atoms with E-state index in [9.17, 15) is 0 Å². The summed E-state index contributed by atoms with van der Waals surface area (Å²) in [4.78, 5) is 5.33. The van der Waals surface area contributed by atoms with Gasteiger partial charge in [0.05, 0.1) is 0 Å². The summed E-state index contributed by atoms with van der Waals surface area (Å²) in [5.41, 5.74) is 0.720. The second-order valence-corrected chi connectivity index (χ2v) is 6.55. The molecule has 1 spiro atoms. The molecule has 2 aliphatic heterocycles. The molecule has 0 unspecified atom stereocenters. The number of hydrogen-bond donors (Lipinski definition) is 0. The summed E-state index contributed by atoms with van der Waals surface area (Å²) < 4.78 is 0. The zero-order chi connectivity index (χ0) is 14.3. The van der Waals surface area contributed by atoms with E-state index >= 15 is 0 Å². The molecule has 0 atom stereocenters. The van der Waals surface area contributed by atoms with E-state index in [1.807, 2.05) is 13.8 Å². The average molecular weight is 268 g/mol. The first-order valence-corrected chi connectivity index (χ1v) is 8.62. The Hall–Kier alpha value is -0.0800. The zero-order valence-electron chi connectivity index (χ0n) is 14.0. The zero-order valence-corrected chi connectivity index (χ0v) is 14.0. The Morgan fingerprint density at radius 3 is 2.05 bits per heavy atom. The smallest absolute Gasteiger partial charge is 0.00514 e. The van der Waals surface area contributed by atoms with E-state index in [4.69, 9.17) is 0 Å². The van der Waals surface area contributed by atoms with Crippen LogP contribution in [0, 0.1) is 5.41 Å². The molecule has 0 bridgehead atoms. The highest BCUT2D eigenvalue weighted by molar-refractivity contribution is 4.98. The van der Waals surface area contributed by atoms with Crippen molar-refractivity contribution in [2.24, 2.45) is 5.41 Å². The van der Waals surface area contributed by atoms with Crippen LogP contribution in [0.2, 0.25) is 0 Å². The number of unbranched alkanes of at least 4 members (excludes halogenated alkanes) is 2. The lowest BCUT2D eigenvalue weighted by atomic mass is 9.71. The third-order valence-electron chi connectivity index (χ3n) is 4.78. The van der Waals surface area contributed by atoms with E-state index in [2.05, 4.69) is 30.6 Å².